The summed E-state index contributed by atoms with van der Waals surface area (Å²) in [5.41, 5.74) is 0.804. The van der Waals surface area contributed by atoms with Crippen LogP contribution in [-0.2, 0) is 16.3 Å². The van der Waals surface area contributed by atoms with E-state index in [1.807, 2.05) is 6.07 Å². The molecule has 2 nitrogen and oxygen atoms in total. The van der Waals surface area contributed by atoms with Gasteiger partial charge in [-0.05, 0) is 24.1 Å². The molecular formula is C14H12ClO2S. The molecule has 0 aromatic heterocycles. The van der Waals surface area contributed by atoms with Crippen LogP contribution in [0.15, 0.2) is 53.4 Å². The molecule has 93 valence electrons. The number of hydrogen-bond donors (Lipinski definition) is 0. The molecule has 0 aliphatic rings. The van der Waals surface area contributed by atoms with Gasteiger partial charge in [0.15, 0.2) is 9.84 Å². The van der Waals surface area contributed by atoms with Gasteiger partial charge >= 0.3 is 0 Å². The molecule has 0 unspecified atom stereocenters. The van der Waals surface area contributed by atoms with Crippen molar-refractivity contribution in [3.05, 3.63) is 65.2 Å². The zero-order valence-corrected chi connectivity index (χ0v) is 11.2. The van der Waals surface area contributed by atoms with E-state index in [9.17, 15) is 8.42 Å². The largest absolute Gasteiger partial charge is 0.224 e. The van der Waals surface area contributed by atoms with Crippen LogP contribution in [0.2, 0.25) is 5.02 Å². The zero-order valence-electron chi connectivity index (χ0n) is 9.64. The first-order chi connectivity index (χ1) is 8.59. The van der Waals surface area contributed by atoms with Gasteiger partial charge in [0.2, 0.25) is 0 Å². The van der Waals surface area contributed by atoms with Crippen molar-refractivity contribution in [2.24, 2.45) is 0 Å². The summed E-state index contributed by atoms with van der Waals surface area (Å²) in [5, 5.41) is 0.487. The van der Waals surface area contributed by atoms with E-state index in [0.717, 1.165) is 5.56 Å². The van der Waals surface area contributed by atoms with Crippen LogP contribution in [-0.4, -0.2) is 14.2 Å². The monoisotopic (exact) mass is 279 g/mol. The highest BCUT2D eigenvalue weighted by atomic mass is 35.5. The number of rotatable bonds is 4. The smallest absolute Gasteiger partial charge is 0.178 e. The number of aryl methyl sites for hydroxylation is 1. The highest BCUT2D eigenvalue weighted by Crippen LogP contribution is 2.17. The van der Waals surface area contributed by atoms with Crippen LogP contribution >= 0.6 is 11.6 Å². The lowest BCUT2D eigenvalue weighted by molar-refractivity contribution is 0.595. The summed E-state index contributed by atoms with van der Waals surface area (Å²) in [6.45, 7) is 0. The van der Waals surface area contributed by atoms with Gasteiger partial charge in [-0.25, -0.2) is 8.42 Å². The predicted octanol–water partition coefficient (Wildman–Crippen LogP) is 3.16. The second kappa shape index (κ2) is 5.55. The standard InChI is InChI=1S/C14H12ClO2S/c15-14-9-5-4-6-12(14)10-11-18(16,17)13-7-2-1-3-8-13/h1-8H,10-11H2. The minimum absolute atomic E-state index is 0.0502. The summed E-state index contributed by atoms with van der Waals surface area (Å²) >= 11 is 5.95. The summed E-state index contributed by atoms with van der Waals surface area (Å²) < 4.78 is 24.1. The van der Waals surface area contributed by atoms with Gasteiger partial charge in [0.1, 0.15) is 0 Å². The first-order valence-electron chi connectivity index (χ1n) is 5.52. The molecule has 0 atom stereocenters. The highest BCUT2D eigenvalue weighted by Gasteiger charge is 2.14. The van der Waals surface area contributed by atoms with Crippen molar-refractivity contribution in [1.29, 1.82) is 0 Å². The summed E-state index contributed by atoms with van der Waals surface area (Å²) in [4.78, 5) is 0.348. The lowest BCUT2D eigenvalue weighted by Gasteiger charge is -2.05. The van der Waals surface area contributed by atoms with Crippen LogP contribution in [0.4, 0.5) is 0 Å². The van der Waals surface area contributed by atoms with E-state index in [1.54, 1.807) is 42.5 Å². The van der Waals surface area contributed by atoms with Gasteiger partial charge in [-0.1, -0.05) is 48.0 Å². The minimum atomic E-state index is -3.25. The Balaban J connectivity index is 2.14. The molecule has 0 heterocycles. The third-order valence-electron chi connectivity index (χ3n) is 2.63. The number of halogens is 1. The van der Waals surface area contributed by atoms with Crippen molar-refractivity contribution in [2.75, 3.05) is 5.75 Å². The molecule has 2 aromatic rings. The summed E-state index contributed by atoms with van der Waals surface area (Å²) in [7, 11) is -3.25. The molecule has 0 spiro atoms. The van der Waals surface area contributed by atoms with Crippen molar-refractivity contribution in [3.63, 3.8) is 0 Å². The molecule has 2 rings (SSSR count). The molecule has 0 saturated heterocycles. The van der Waals surface area contributed by atoms with Gasteiger partial charge < -0.3 is 0 Å². The van der Waals surface area contributed by atoms with Crippen LogP contribution in [0.25, 0.3) is 0 Å². The van der Waals surface area contributed by atoms with E-state index in [-0.39, 0.29) is 5.75 Å². The van der Waals surface area contributed by atoms with Crippen molar-refractivity contribution in [3.8, 4) is 0 Å². The third-order valence-corrected chi connectivity index (χ3v) is 4.71. The minimum Gasteiger partial charge on any atom is -0.224 e. The molecule has 0 bridgehead atoms. The molecule has 0 saturated carbocycles. The van der Waals surface area contributed by atoms with Crippen LogP contribution in [0, 0.1) is 6.07 Å². The quantitative estimate of drug-likeness (QED) is 0.861. The topological polar surface area (TPSA) is 34.1 Å². The second-order valence-electron chi connectivity index (χ2n) is 3.89. The van der Waals surface area contributed by atoms with Crippen molar-refractivity contribution in [2.45, 2.75) is 11.3 Å². The molecule has 0 aliphatic carbocycles. The Hall–Kier alpha value is -1.32. The fraction of sp³-hybridized carbons (Fsp3) is 0.143. The van der Waals surface area contributed by atoms with Crippen molar-refractivity contribution >= 4 is 21.4 Å². The first-order valence-corrected chi connectivity index (χ1v) is 7.55. The van der Waals surface area contributed by atoms with Crippen LogP contribution < -0.4 is 0 Å². The maximum atomic E-state index is 12.1. The average molecular weight is 280 g/mol. The Labute approximate surface area is 112 Å². The maximum Gasteiger partial charge on any atom is 0.178 e. The molecule has 2 aromatic carbocycles. The number of sulfone groups is 1. The summed E-state index contributed by atoms with van der Waals surface area (Å²) in [6.07, 6.45) is 0.396. The van der Waals surface area contributed by atoms with Crippen molar-refractivity contribution in [1.82, 2.24) is 0 Å². The van der Waals surface area contributed by atoms with E-state index in [0.29, 0.717) is 16.3 Å². The van der Waals surface area contributed by atoms with E-state index in [2.05, 4.69) is 6.07 Å². The van der Waals surface area contributed by atoms with E-state index < -0.39 is 9.84 Å². The normalized spacial score (nSPS) is 11.4. The zero-order chi connectivity index (χ0) is 13.0. The van der Waals surface area contributed by atoms with E-state index >= 15 is 0 Å². The van der Waals surface area contributed by atoms with Crippen LogP contribution in [0.1, 0.15) is 5.56 Å². The van der Waals surface area contributed by atoms with Gasteiger partial charge in [-0.2, -0.15) is 0 Å². The Morgan fingerprint density at radius 2 is 1.78 bits per heavy atom. The summed E-state index contributed by atoms with van der Waals surface area (Å²) in [6, 6.07) is 16.6. The molecule has 18 heavy (non-hydrogen) atoms. The Bertz CT molecular complexity index is 621. The lowest BCUT2D eigenvalue weighted by atomic mass is 10.2. The van der Waals surface area contributed by atoms with Crippen LogP contribution in [0.3, 0.4) is 0 Å². The van der Waals surface area contributed by atoms with Gasteiger partial charge in [0, 0.05) is 6.07 Å². The molecular weight excluding hydrogens is 268 g/mol. The summed E-state index contributed by atoms with van der Waals surface area (Å²) in [5.74, 6) is 0.0502. The predicted molar refractivity (Wildman–Crippen MR) is 72.5 cm³/mol. The molecule has 0 N–H and O–H groups in total. The Morgan fingerprint density at radius 3 is 2.44 bits per heavy atom. The highest BCUT2D eigenvalue weighted by molar-refractivity contribution is 7.91. The van der Waals surface area contributed by atoms with E-state index in [1.165, 1.54) is 0 Å². The van der Waals surface area contributed by atoms with Gasteiger partial charge in [0.25, 0.3) is 0 Å². The van der Waals surface area contributed by atoms with Gasteiger partial charge in [0.05, 0.1) is 15.7 Å². The SMILES string of the molecule is O=S(=O)(CCc1ccc[c]c1Cl)c1ccccc1. The molecule has 0 aliphatic heterocycles. The Kier molecular flexibility index (Phi) is 4.04. The first kappa shape index (κ1) is 13.1. The average Bonchev–Trinajstić information content (AvgIpc) is 2.39. The fourth-order valence-electron chi connectivity index (χ4n) is 1.63. The van der Waals surface area contributed by atoms with Crippen LogP contribution in [0.5, 0.6) is 0 Å². The van der Waals surface area contributed by atoms with Gasteiger partial charge in [-0.3, -0.25) is 0 Å². The van der Waals surface area contributed by atoms with Gasteiger partial charge in [-0.15, -0.1) is 0 Å². The molecule has 4 heteroatoms. The molecule has 0 amide bonds. The fourth-order valence-corrected chi connectivity index (χ4v) is 3.15. The lowest BCUT2D eigenvalue weighted by Crippen LogP contribution is -2.09. The maximum absolute atomic E-state index is 12.1. The molecule has 1 radical (unpaired) electrons. The third kappa shape index (κ3) is 3.12. The second-order valence-corrected chi connectivity index (χ2v) is 6.38. The number of hydrogen-bond acceptors (Lipinski definition) is 2. The molecule has 0 fully saturated rings. The van der Waals surface area contributed by atoms with E-state index in [4.69, 9.17) is 11.6 Å². The number of benzene rings is 2. The van der Waals surface area contributed by atoms with Crippen molar-refractivity contribution < 1.29 is 8.42 Å². The Morgan fingerprint density at radius 1 is 1.06 bits per heavy atom.